The van der Waals surface area contributed by atoms with Crippen LogP contribution in [0.5, 0.6) is 0 Å². The summed E-state index contributed by atoms with van der Waals surface area (Å²) in [7, 11) is 0. The van der Waals surface area contributed by atoms with Gasteiger partial charge in [0.15, 0.2) is 0 Å². The van der Waals surface area contributed by atoms with Crippen LogP contribution in [0, 0.1) is 94.7 Å². The molecule has 27 heavy (non-hydrogen) atoms. The van der Waals surface area contributed by atoms with Crippen molar-refractivity contribution in [3.8, 4) is 0 Å². The van der Waals surface area contributed by atoms with Crippen LogP contribution in [-0.2, 0) is 4.79 Å². The summed E-state index contributed by atoms with van der Waals surface area (Å²) in [4.78, 5) is 14.0. The Bertz CT molecular complexity index is 755. The molecule has 10 fully saturated rings. The Morgan fingerprint density at radius 2 is 0.926 bits per heavy atom. The molecule has 10 aliphatic rings. The Morgan fingerprint density at radius 3 is 1.63 bits per heavy atom. The Hall–Kier alpha value is -0.330. The summed E-state index contributed by atoms with van der Waals surface area (Å²) in [6, 6.07) is 0. The third kappa shape index (κ3) is 1.36. The molecule has 0 aromatic heterocycles. The van der Waals surface area contributed by atoms with E-state index in [4.69, 9.17) is 0 Å². The molecule has 0 heterocycles. The number of fused-ring (bicyclic) bond motifs is 15. The number of carbonyl (C=O) groups excluding carboxylic acids is 1. The molecule has 0 amide bonds. The van der Waals surface area contributed by atoms with Gasteiger partial charge < -0.3 is 0 Å². The summed E-state index contributed by atoms with van der Waals surface area (Å²) < 4.78 is 0. The summed E-state index contributed by atoms with van der Waals surface area (Å²) in [5, 5.41) is 0. The summed E-state index contributed by atoms with van der Waals surface area (Å²) in [6.45, 7) is 0. The molecule has 0 N–H and O–H groups in total. The second-order valence-electron chi connectivity index (χ2n) is 13.1. The first-order valence-corrected chi connectivity index (χ1v) is 12.8. The molecule has 16 atom stereocenters. The summed E-state index contributed by atoms with van der Waals surface area (Å²) in [5.74, 6) is 15.8. The van der Waals surface area contributed by atoms with Crippen LogP contribution in [0.15, 0.2) is 0 Å². The van der Waals surface area contributed by atoms with E-state index in [1.54, 1.807) is 25.7 Å². The van der Waals surface area contributed by atoms with Gasteiger partial charge in [0, 0.05) is 11.8 Å². The maximum absolute atomic E-state index is 14.0. The minimum Gasteiger partial charge on any atom is -0.299 e. The summed E-state index contributed by atoms with van der Waals surface area (Å²) >= 11 is 0. The largest absolute Gasteiger partial charge is 0.299 e. The van der Waals surface area contributed by atoms with Gasteiger partial charge in [0.25, 0.3) is 0 Å². The van der Waals surface area contributed by atoms with Crippen LogP contribution >= 0.6 is 0 Å². The topological polar surface area (TPSA) is 17.1 Å². The van der Waals surface area contributed by atoms with Crippen molar-refractivity contribution in [3.05, 3.63) is 0 Å². The molecular weight excluding hydrogens is 328 g/mol. The maximum Gasteiger partial charge on any atom is 0.140 e. The lowest BCUT2D eigenvalue weighted by atomic mass is 9.46. The molecule has 0 aliphatic heterocycles. The van der Waals surface area contributed by atoms with Crippen LogP contribution in [0.3, 0.4) is 0 Å². The zero-order chi connectivity index (χ0) is 17.2. The molecule has 0 unspecified atom stereocenters. The molecule has 1 heteroatoms. The zero-order valence-electron chi connectivity index (χ0n) is 16.5. The van der Waals surface area contributed by atoms with Crippen LogP contribution < -0.4 is 0 Å². The van der Waals surface area contributed by atoms with Gasteiger partial charge in [-0.2, -0.15) is 0 Å². The van der Waals surface area contributed by atoms with E-state index in [0.717, 1.165) is 88.6 Å². The van der Waals surface area contributed by atoms with Crippen LogP contribution in [0.1, 0.15) is 57.8 Å². The fourth-order valence-electron chi connectivity index (χ4n) is 13.5. The number of Topliss-reactive ketones (excluding diaryl/α,β-unsaturated/α-hetero) is 1. The van der Waals surface area contributed by atoms with E-state index in [-0.39, 0.29) is 0 Å². The van der Waals surface area contributed by atoms with Crippen LogP contribution in [0.25, 0.3) is 0 Å². The van der Waals surface area contributed by atoms with Gasteiger partial charge in [-0.3, -0.25) is 4.79 Å². The lowest BCUT2D eigenvalue weighted by Gasteiger charge is -2.58. The quantitative estimate of drug-likeness (QED) is 0.551. The second-order valence-corrected chi connectivity index (χ2v) is 13.1. The van der Waals surface area contributed by atoms with E-state index < -0.39 is 0 Å². The predicted octanol–water partition coefficient (Wildman–Crippen LogP) is 5.05. The van der Waals surface area contributed by atoms with Gasteiger partial charge in [-0.05, 0) is 141 Å². The van der Waals surface area contributed by atoms with E-state index >= 15 is 0 Å². The van der Waals surface area contributed by atoms with Crippen molar-refractivity contribution in [1.82, 2.24) is 0 Å². The predicted molar refractivity (Wildman–Crippen MR) is 102 cm³/mol. The molecular formula is C26H34O. The number of ketones is 1. The summed E-state index contributed by atoms with van der Waals surface area (Å²) in [5.41, 5.74) is 0. The van der Waals surface area contributed by atoms with Crippen molar-refractivity contribution < 1.29 is 4.79 Å². The van der Waals surface area contributed by atoms with Gasteiger partial charge in [0.2, 0.25) is 0 Å². The number of hydrogen-bond acceptors (Lipinski definition) is 1. The highest BCUT2D eigenvalue weighted by Gasteiger charge is 2.76. The van der Waals surface area contributed by atoms with E-state index in [1.165, 1.54) is 32.1 Å². The van der Waals surface area contributed by atoms with Gasteiger partial charge in [-0.25, -0.2) is 0 Å². The van der Waals surface area contributed by atoms with Crippen molar-refractivity contribution in [2.75, 3.05) is 0 Å². The van der Waals surface area contributed by atoms with Crippen molar-refractivity contribution >= 4 is 5.78 Å². The fraction of sp³-hybridized carbons (Fsp3) is 0.962. The molecule has 8 bridgehead atoms. The average Bonchev–Trinajstić information content (AvgIpc) is 3.51. The molecule has 0 aromatic carbocycles. The van der Waals surface area contributed by atoms with Crippen LogP contribution in [-0.4, -0.2) is 5.78 Å². The van der Waals surface area contributed by atoms with Crippen LogP contribution in [0.4, 0.5) is 0 Å². The smallest absolute Gasteiger partial charge is 0.140 e. The van der Waals surface area contributed by atoms with Gasteiger partial charge >= 0.3 is 0 Å². The van der Waals surface area contributed by atoms with E-state index in [0.29, 0.717) is 11.8 Å². The number of rotatable bonds is 0. The average molecular weight is 363 g/mol. The number of hydrogen-bond donors (Lipinski definition) is 0. The maximum atomic E-state index is 14.0. The molecule has 10 saturated carbocycles. The first-order chi connectivity index (χ1) is 13.3. The molecule has 10 aliphatic carbocycles. The third-order valence-corrected chi connectivity index (χ3v) is 13.3. The van der Waals surface area contributed by atoms with Crippen LogP contribution in [0.2, 0.25) is 0 Å². The van der Waals surface area contributed by atoms with Gasteiger partial charge in [0.1, 0.15) is 5.78 Å². The standard InChI is InChI=1S/C26H34O/c27-26-24-15-6-5-14(18-10-1-2-11(7-10)19(15)18)22(24)23-16-9-17(25(23)26)21-13-4-3-12(8-13)20(16)21/h10-25H,1-9H2/t10-,11-,12-,13-,14-,15-,16-,17-,18-,19-,20-,21+,22-,23+,24+,25-/m1/s1. The molecule has 0 saturated heterocycles. The highest BCUT2D eigenvalue weighted by molar-refractivity contribution is 5.88. The Kier molecular flexibility index (Phi) is 2.38. The SMILES string of the molecule is O=C1[C@@H]2[C@@H]3C[C@H]([C@H]4[C@@H]5CC[C@H](C5)[C@@H]34)[C@H]2[C@H]2[C@@H]3CC[C@@H]([C@H]12)[C@H]1[C@@H]2CC[C@H](C2)[C@H]31. The first-order valence-electron chi connectivity index (χ1n) is 12.8. The molecule has 144 valence electrons. The monoisotopic (exact) mass is 362 g/mol. The van der Waals surface area contributed by atoms with Crippen molar-refractivity contribution in [1.29, 1.82) is 0 Å². The Morgan fingerprint density at radius 1 is 0.444 bits per heavy atom. The first kappa shape index (κ1) is 14.6. The highest BCUT2D eigenvalue weighted by atomic mass is 16.1. The summed E-state index contributed by atoms with van der Waals surface area (Å²) in [6.07, 6.45) is 13.7. The molecule has 1 nitrogen and oxygen atoms in total. The van der Waals surface area contributed by atoms with Crippen molar-refractivity contribution in [3.63, 3.8) is 0 Å². The highest BCUT2D eigenvalue weighted by Crippen LogP contribution is 2.78. The van der Waals surface area contributed by atoms with E-state index in [1.807, 2.05) is 0 Å². The lowest BCUT2D eigenvalue weighted by Crippen LogP contribution is -2.54. The molecule has 0 radical (unpaired) electrons. The Balaban J connectivity index is 1.17. The minimum atomic E-state index is 0.557. The Labute approximate surface area is 163 Å². The van der Waals surface area contributed by atoms with E-state index in [9.17, 15) is 4.79 Å². The van der Waals surface area contributed by atoms with Gasteiger partial charge in [0.05, 0.1) is 0 Å². The van der Waals surface area contributed by atoms with Crippen molar-refractivity contribution in [2.45, 2.75) is 57.8 Å². The zero-order valence-corrected chi connectivity index (χ0v) is 16.5. The molecule has 0 aromatic rings. The van der Waals surface area contributed by atoms with Crippen molar-refractivity contribution in [2.24, 2.45) is 94.7 Å². The van der Waals surface area contributed by atoms with Gasteiger partial charge in [-0.1, -0.05) is 0 Å². The molecule has 0 spiro atoms. The van der Waals surface area contributed by atoms with E-state index in [2.05, 4.69) is 0 Å². The fourth-order valence-corrected chi connectivity index (χ4v) is 13.5. The minimum absolute atomic E-state index is 0.557. The number of carbonyl (C=O) groups is 1. The normalized spacial score (nSPS) is 73.4. The van der Waals surface area contributed by atoms with Gasteiger partial charge in [-0.15, -0.1) is 0 Å². The molecule has 10 rings (SSSR count). The third-order valence-electron chi connectivity index (χ3n) is 13.3. The lowest BCUT2D eigenvalue weighted by molar-refractivity contribution is -0.140. The second kappa shape index (κ2) is 4.39.